The summed E-state index contributed by atoms with van der Waals surface area (Å²) >= 11 is 0. The van der Waals surface area contributed by atoms with E-state index in [0.29, 0.717) is 12.0 Å². The van der Waals surface area contributed by atoms with E-state index in [2.05, 4.69) is 0 Å². The first-order valence-corrected chi connectivity index (χ1v) is 3.91. The summed E-state index contributed by atoms with van der Waals surface area (Å²) in [6, 6.07) is 0. The van der Waals surface area contributed by atoms with E-state index in [0.717, 1.165) is 18.4 Å². The topological polar surface area (TPSA) is 0 Å². The zero-order chi connectivity index (χ0) is 8.27. The Labute approximate surface area is 65.6 Å². The van der Waals surface area contributed by atoms with Gasteiger partial charge in [0, 0.05) is 0 Å². The van der Waals surface area contributed by atoms with Gasteiger partial charge in [0.1, 0.15) is 0 Å². The molecule has 0 saturated heterocycles. The molecule has 0 aromatic rings. The third-order valence-electron chi connectivity index (χ3n) is 1.90. The van der Waals surface area contributed by atoms with Crippen molar-refractivity contribution in [3.05, 3.63) is 23.3 Å². The van der Waals surface area contributed by atoms with Gasteiger partial charge in [-0.05, 0) is 24.8 Å². The molecule has 0 aromatic heterocycles. The van der Waals surface area contributed by atoms with Crippen LogP contribution in [0, 0.1) is 0 Å². The number of hydrogen-bond acceptors (Lipinski definition) is 0. The van der Waals surface area contributed by atoms with Gasteiger partial charge in [0.05, 0.1) is 0 Å². The molecule has 1 aliphatic carbocycles. The highest BCUT2D eigenvalue weighted by Gasteiger charge is 2.13. The van der Waals surface area contributed by atoms with Crippen LogP contribution in [0.4, 0.5) is 8.78 Å². The van der Waals surface area contributed by atoms with Crippen LogP contribution in [0.15, 0.2) is 23.3 Å². The summed E-state index contributed by atoms with van der Waals surface area (Å²) in [5, 5.41) is 0. The molecule has 62 valence electrons. The highest BCUT2D eigenvalue weighted by atomic mass is 19.3. The van der Waals surface area contributed by atoms with E-state index in [1.165, 1.54) is 0 Å². The van der Waals surface area contributed by atoms with E-state index in [9.17, 15) is 8.78 Å². The van der Waals surface area contributed by atoms with Crippen molar-refractivity contribution in [2.45, 2.75) is 32.6 Å². The summed E-state index contributed by atoms with van der Waals surface area (Å²) in [4.78, 5) is 0. The molecular weight excluding hydrogens is 146 g/mol. The smallest absolute Gasteiger partial charge is 0.205 e. The Balaban J connectivity index is 2.68. The molecule has 0 radical (unpaired) electrons. The van der Waals surface area contributed by atoms with Gasteiger partial charge in [-0.2, -0.15) is 0 Å². The normalized spacial score (nSPS) is 18.2. The highest BCUT2D eigenvalue weighted by Crippen LogP contribution is 2.23. The predicted molar refractivity (Wildman–Crippen MR) is 41.7 cm³/mol. The summed E-state index contributed by atoms with van der Waals surface area (Å²) in [5.41, 5.74) is 1.34. The SMILES string of the molecule is CCC1=CCCC(C(F)F)=C1. The summed E-state index contributed by atoms with van der Waals surface area (Å²) in [7, 11) is 0. The van der Waals surface area contributed by atoms with Gasteiger partial charge in [-0.25, -0.2) is 8.78 Å². The summed E-state index contributed by atoms with van der Waals surface area (Å²) in [5.74, 6) is 0. The molecule has 0 nitrogen and oxygen atoms in total. The lowest BCUT2D eigenvalue weighted by Gasteiger charge is -2.11. The minimum absolute atomic E-state index is 0.296. The van der Waals surface area contributed by atoms with Crippen LogP contribution in [0.2, 0.25) is 0 Å². The maximum absolute atomic E-state index is 12.1. The van der Waals surface area contributed by atoms with Crippen molar-refractivity contribution in [2.24, 2.45) is 0 Å². The average Bonchev–Trinajstić information content (AvgIpc) is 2.05. The van der Waals surface area contributed by atoms with Crippen LogP contribution in [0.3, 0.4) is 0 Å². The molecule has 0 unspecified atom stereocenters. The van der Waals surface area contributed by atoms with Crippen LogP contribution in [0.5, 0.6) is 0 Å². The average molecular weight is 158 g/mol. The number of hydrogen-bond donors (Lipinski definition) is 0. The Bertz CT molecular complexity index is 190. The molecule has 0 spiro atoms. The first-order chi connectivity index (χ1) is 5.24. The van der Waals surface area contributed by atoms with Crippen LogP contribution in [0.1, 0.15) is 26.2 Å². The lowest BCUT2D eigenvalue weighted by Crippen LogP contribution is -2.00. The molecule has 0 heterocycles. The lowest BCUT2D eigenvalue weighted by molar-refractivity contribution is 0.184. The van der Waals surface area contributed by atoms with Crippen molar-refractivity contribution >= 4 is 0 Å². The van der Waals surface area contributed by atoms with E-state index in [4.69, 9.17) is 0 Å². The Morgan fingerprint density at radius 2 is 2.27 bits per heavy atom. The Hall–Kier alpha value is -0.660. The summed E-state index contributed by atoms with van der Waals surface area (Å²) < 4.78 is 24.3. The molecule has 1 rings (SSSR count). The number of halogens is 2. The van der Waals surface area contributed by atoms with Crippen molar-refractivity contribution in [2.75, 3.05) is 0 Å². The van der Waals surface area contributed by atoms with Gasteiger partial charge in [0.25, 0.3) is 6.43 Å². The molecule has 0 saturated carbocycles. The molecule has 0 fully saturated rings. The van der Waals surface area contributed by atoms with E-state index in [1.54, 1.807) is 6.08 Å². The molecule has 0 bridgehead atoms. The van der Waals surface area contributed by atoms with Gasteiger partial charge in [-0.15, -0.1) is 0 Å². The fourth-order valence-electron chi connectivity index (χ4n) is 1.21. The minimum Gasteiger partial charge on any atom is -0.205 e. The first-order valence-electron chi connectivity index (χ1n) is 3.91. The third kappa shape index (κ3) is 2.14. The molecule has 0 atom stereocenters. The molecule has 0 N–H and O–H groups in total. The van der Waals surface area contributed by atoms with Crippen molar-refractivity contribution in [3.63, 3.8) is 0 Å². The van der Waals surface area contributed by atoms with Gasteiger partial charge in [0.15, 0.2) is 0 Å². The van der Waals surface area contributed by atoms with E-state index >= 15 is 0 Å². The second kappa shape index (κ2) is 3.65. The zero-order valence-corrected chi connectivity index (χ0v) is 6.61. The van der Waals surface area contributed by atoms with Crippen LogP contribution < -0.4 is 0 Å². The van der Waals surface area contributed by atoms with Gasteiger partial charge in [-0.1, -0.05) is 24.6 Å². The second-order valence-electron chi connectivity index (χ2n) is 2.69. The van der Waals surface area contributed by atoms with Gasteiger partial charge >= 0.3 is 0 Å². The summed E-state index contributed by atoms with van der Waals surface area (Å²) in [6.07, 6.45) is 3.57. The molecule has 0 amide bonds. The fourth-order valence-corrected chi connectivity index (χ4v) is 1.21. The van der Waals surface area contributed by atoms with Crippen LogP contribution >= 0.6 is 0 Å². The number of rotatable bonds is 2. The van der Waals surface area contributed by atoms with Gasteiger partial charge in [0.2, 0.25) is 0 Å². The van der Waals surface area contributed by atoms with E-state index in [-0.39, 0.29) is 0 Å². The van der Waals surface area contributed by atoms with Gasteiger partial charge in [-0.3, -0.25) is 0 Å². The van der Waals surface area contributed by atoms with E-state index < -0.39 is 6.43 Å². The van der Waals surface area contributed by atoms with Crippen LogP contribution in [-0.2, 0) is 0 Å². The summed E-state index contributed by atoms with van der Waals surface area (Å²) in [6.45, 7) is 1.98. The van der Waals surface area contributed by atoms with E-state index in [1.807, 2.05) is 13.0 Å². The molecule has 1 aliphatic rings. The highest BCUT2D eigenvalue weighted by molar-refractivity contribution is 5.28. The van der Waals surface area contributed by atoms with Crippen molar-refractivity contribution < 1.29 is 8.78 Å². The fraction of sp³-hybridized carbons (Fsp3) is 0.556. The Kier molecular flexibility index (Phi) is 2.80. The quantitative estimate of drug-likeness (QED) is 0.578. The standard InChI is InChI=1S/C9H12F2/c1-2-7-4-3-5-8(6-7)9(10)11/h4,6,9H,2-3,5H2,1H3. The molecular formula is C9H12F2. The lowest BCUT2D eigenvalue weighted by atomic mass is 9.98. The predicted octanol–water partition coefficient (Wildman–Crippen LogP) is 3.31. The molecule has 0 aliphatic heterocycles. The van der Waals surface area contributed by atoms with Gasteiger partial charge < -0.3 is 0 Å². The van der Waals surface area contributed by atoms with Crippen LogP contribution in [0.25, 0.3) is 0 Å². The maximum Gasteiger partial charge on any atom is 0.260 e. The van der Waals surface area contributed by atoms with Crippen molar-refractivity contribution in [3.8, 4) is 0 Å². The zero-order valence-electron chi connectivity index (χ0n) is 6.61. The molecule has 2 heteroatoms. The molecule has 0 aromatic carbocycles. The van der Waals surface area contributed by atoms with Crippen molar-refractivity contribution in [1.29, 1.82) is 0 Å². The number of allylic oxidation sites excluding steroid dienone is 4. The largest absolute Gasteiger partial charge is 0.260 e. The Morgan fingerprint density at radius 3 is 2.82 bits per heavy atom. The first kappa shape index (κ1) is 8.44. The second-order valence-corrected chi connectivity index (χ2v) is 2.69. The monoisotopic (exact) mass is 158 g/mol. The van der Waals surface area contributed by atoms with Crippen molar-refractivity contribution in [1.82, 2.24) is 0 Å². The third-order valence-corrected chi connectivity index (χ3v) is 1.90. The minimum atomic E-state index is -2.26. The molecule has 11 heavy (non-hydrogen) atoms. The van der Waals surface area contributed by atoms with Crippen LogP contribution in [-0.4, -0.2) is 6.43 Å². The maximum atomic E-state index is 12.1. The Morgan fingerprint density at radius 1 is 1.55 bits per heavy atom. The number of alkyl halides is 2.